The zero-order valence-electron chi connectivity index (χ0n) is 13.9. The van der Waals surface area contributed by atoms with E-state index in [1.54, 1.807) is 0 Å². The van der Waals surface area contributed by atoms with Crippen LogP contribution in [0.4, 0.5) is 13.2 Å². The summed E-state index contributed by atoms with van der Waals surface area (Å²) >= 11 is 0. The summed E-state index contributed by atoms with van der Waals surface area (Å²) in [6.45, 7) is 2.99. The molecule has 24 heavy (non-hydrogen) atoms. The van der Waals surface area contributed by atoms with Crippen molar-refractivity contribution in [2.45, 2.75) is 51.3 Å². The summed E-state index contributed by atoms with van der Waals surface area (Å²) in [5, 5.41) is 2.70. The lowest BCUT2D eigenvalue weighted by atomic mass is 9.88. The van der Waals surface area contributed by atoms with Gasteiger partial charge in [0.05, 0.1) is 24.7 Å². The fourth-order valence-corrected chi connectivity index (χ4v) is 3.04. The van der Waals surface area contributed by atoms with Crippen LogP contribution in [0, 0.1) is 5.92 Å². The van der Waals surface area contributed by atoms with Gasteiger partial charge in [0.15, 0.2) is 0 Å². The Balaban J connectivity index is 1.71. The van der Waals surface area contributed by atoms with E-state index in [2.05, 4.69) is 12.2 Å². The highest BCUT2D eigenvalue weighted by Crippen LogP contribution is 2.29. The molecule has 3 nitrogen and oxygen atoms in total. The Morgan fingerprint density at radius 1 is 1.29 bits per heavy atom. The number of halogens is 3. The van der Waals surface area contributed by atoms with Crippen molar-refractivity contribution in [2.24, 2.45) is 5.92 Å². The maximum absolute atomic E-state index is 12.6. The van der Waals surface area contributed by atoms with Crippen molar-refractivity contribution in [3.05, 3.63) is 35.4 Å². The number of hydrogen-bond donors (Lipinski definition) is 1. The van der Waals surface area contributed by atoms with E-state index in [1.165, 1.54) is 31.4 Å². The smallest absolute Gasteiger partial charge is 0.376 e. The van der Waals surface area contributed by atoms with Crippen molar-refractivity contribution < 1.29 is 22.7 Å². The summed E-state index contributed by atoms with van der Waals surface area (Å²) in [6.07, 6.45) is 0.442. The van der Waals surface area contributed by atoms with Gasteiger partial charge in [0, 0.05) is 6.54 Å². The molecule has 1 aromatic rings. The highest BCUT2D eigenvalue weighted by atomic mass is 19.4. The number of hydrogen-bond acceptors (Lipinski definition) is 2. The molecular formula is C18H24F3NO2. The minimum Gasteiger partial charge on any atom is -0.376 e. The van der Waals surface area contributed by atoms with Crippen LogP contribution < -0.4 is 5.32 Å². The molecule has 1 saturated carbocycles. The molecule has 2 atom stereocenters. The first-order valence-electron chi connectivity index (χ1n) is 8.40. The third kappa shape index (κ3) is 5.82. The number of carbonyl (C=O) groups excluding carboxylic acids is 1. The van der Waals surface area contributed by atoms with Gasteiger partial charge in [-0.1, -0.05) is 38.0 Å². The van der Waals surface area contributed by atoms with Gasteiger partial charge >= 0.3 is 6.18 Å². The van der Waals surface area contributed by atoms with Crippen LogP contribution in [0.25, 0.3) is 0 Å². The Morgan fingerprint density at radius 2 is 2.04 bits per heavy atom. The fraction of sp³-hybridized carbons (Fsp3) is 0.611. The molecule has 1 fully saturated rings. The third-order valence-corrected chi connectivity index (χ3v) is 4.41. The number of benzene rings is 1. The molecule has 6 heteroatoms. The largest absolute Gasteiger partial charge is 0.416 e. The first-order valence-corrected chi connectivity index (χ1v) is 8.40. The predicted octanol–water partition coefficient (Wildman–Crippen LogP) is 3.96. The van der Waals surface area contributed by atoms with Gasteiger partial charge in [-0.2, -0.15) is 13.2 Å². The van der Waals surface area contributed by atoms with Crippen LogP contribution in [0.5, 0.6) is 0 Å². The van der Waals surface area contributed by atoms with Crippen molar-refractivity contribution in [3.63, 3.8) is 0 Å². The van der Waals surface area contributed by atoms with E-state index in [4.69, 9.17) is 4.74 Å². The number of amides is 1. The second-order valence-electron chi connectivity index (χ2n) is 6.40. The van der Waals surface area contributed by atoms with Gasteiger partial charge in [-0.25, -0.2) is 0 Å². The molecule has 134 valence electrons. The summed E-state index contributed by atoms with van der Waals surface area (Å²) in [7, 11) is 0. The van der Waals surface area contributed by atoms with Crippen molar-refractivity contribution >= 4 is 5.91 Å². The summed E-state index contributed by atoms with van der Waals surface area (Å²) in [6, 6.07) is 4.86. The first-order chi connectivity index (χ1) is 11.4. The highest BCUT2D eigenvalue weighted by Gasteiger charge is 2.30. The van der Waals surface area contributed by atoms with Gasteiger partial charge in [-0.05, 0) is 30.4 Å². The Labute approximate surface area is 140 Å². The van der Waals surface area contributed by atoms with Crippen LogP contribution >= 0.6 is 0 Å². The lowest BCUT2D eigenvalue weighted by Gasteiger charge is -2.28. The molecule has 1 aromatic carbocycles. The summed E-state index contributed by atoms with van der Waals surface area (Å²) in [5.41, 5.74) is -0.383. The van der Waals surface area contributed by atoms with Crippen molar-refractivity contribution in [2.75, 3.05) is 13.2 Å². The molecule has 0 aromatic heterocycles. The highest BCUT2D eigenvalue weighted by molar-refractivity contribution is 5.78. The summed E-state index contributed by atoms with van der Waals surface area (Å²) < 4.78 is 43.7. The van der Waals surface area contributed by atoms with Crippen LogP contribution in [-0.4, -0.2) is 25.2 Å². The minimum absolute atomic E-state index is 0.0657. The minimum atomic E-state index is -4.39. The van der Waals surface area contributed by atoms with E-state index < -0.39 is 11.7 Å². The lowest BCUT2D eigenvalue weighted by Crippen LogP contribution is -2.32. The predicted molar refractivity (Wildman–Crippen MR) is 85.5 cm³/mol. The molecule has 1 aliphatic carbocycles. The molecule has 1 aliphatic rings. The Morgan fingerprint density at radius 3 is 2.75 bits per heavy atom. The molecule has 2 rings (SSSR count). The topological polar surface area (TPSA) is 38.3 Å². The fourth-order valence-electron chi connectivity index (χ4n) is 3.04. The van der Waals surface area contributed by atoms with Crippen LogP contribution in [0.2, 0.25) is 0 Å². The zero-order chi connectivity index (χ0) is 17.6. The van der Waals surface area contributed by atoms with Crippen LogP contribution in [-0.2, 0) is 22.1 Å². The van der Waals surface area contributed by atoms with Gasteiger partial charge in [-0.15, -0.1) is 0 Å². The van der Waals surface area contributed by atoms with Crippen LogP contribution in [0.1, 0.15) is 43.7 Å². The number of nitrogens with one attached hydrogen (secondary N) is 1. The molecule has 0 heterocycles. The second-order valence-corrected chi connectivity index (χ2v) is 6.40. The van der Waals surface area contributed by atoms with E-state index in [1.807, 2.05) is 0 Å². The van der Waals surface area contributed by atoms with Crippen molar-refractivity contribution in [1.29, 1.82) is 0 Å². The Hall–Kier alpha value is -1.56. The maximum atomic E-state index is 12.6. The molecule has 1 N–H and O–H groups in total. The Bertz CT molecular complexity index is 545. The maximum Gasteiger partial charge on any atom is 0.416 e. The average Bonchev–Trinajstić information content (AvgIpc) is 2.52. The first kappa shape index (κ1) is 18.8. The summed E-state index contributed by atoms with van der Waals surface area (Å²) in [4.78, 5) is 11.8. The number of ether oxygens (including phenoxy) is 1. The normalized spacial score (nSPS) is 21.5. The van der Waals surface area contributed by atoms with Gasteiger partial charge in [0.25, 0.3) is 0 Å². The number of alkyl halides is 3. The molecule has 0 radical (unpaired) electrons. The van der Waals surface area contributed by atoms with Gasteiger partial charge in [-0.3, -0.25) is 4.79 Å². The molecule has 0 spiro atoms. The molecule has 0 aliphatic heterocycles. The lowest BCUT2D eigenvalue weighted by molar-refractivity contribution is -0.137. The molecule has 0 bridgehead atoms. The van der Waals surface area contributed by atoms with E-state index >= 15 is 0 Å². The summed E-state index contributed by atoms with van der Waals surface area (Å²) in [5.74, 6) is 0.245. The van der Waals surface area contributed by atoms with Crippen molar-refractivity contribution in [1.82, 2.24) is 5.32 Å². The van der Waals surface area contributed by atoms with E-state index in [0.29, 0.717) is 24.6 Å². The Kier molecular flexibility index (Phi) is 6.66. The number of rotatable bonds is 6. The molecule has 1 amide bonds. The monoisotopic (exact) mass is 343 g/mol. The van der Waals surface area contributed by atoms with Crippen LogP contribution in [0.3, 0.4) is 0 Å². The SMILES string of the molecule is C[C@@H]1CCCC[C@H]1OCCNC(=O)Cc1cccc(C(F)(F)F)c1. The molecular weight excluding hydrogens is 319 g/mol. The van der Waals surface area contributed by atoms with Gasteiger partial charge in [0.2, 0.25) is 5.91 Å². The second kappa shape index (κ2) is 8.51. The van der Waals surface area contributed by atoms with E-state index in [-0.39, 0.29) is 18.4 Å². The standard InChI is InChI=1S/C18H24F3NO2/c1-13-5-2-3-8-16(13)24-10-9-22-17(23)12-14-6-4-7-15(11-14)18(19,20)21/h4,6-7,11,13,16H,2-3,5,8-10,12H2,1H3,(H,22,23)/t13-,16-/m1/s1. The third-order valence-electron chi connectivity index (χ3n) is 4.41. The quantitative estimate of drug-likeness (QED) is 0.794. The molecule has 0 saturated heterocycles. The van der Waals surface area contributed by atoms with Crippen molar-refractivity contribution in [3.8, 4) is 0 Å². The zero-order valence-corrected chi connectivity index (χ0v) is 13.9. The molecule has 0 unspecified atom stereocenters. The van der Waals surface area contributed by atoms with Gasteiger partial charge < -0.3 is 10.1 Å². The van der Waals surface area contributed by atoms with E-state index in [0.717, 1.165) is 18.6 Å². The van der Waals surface area contributed by atoms with E-state index in [9.17, 15) is 18.0 Å². The van der Waals surface area contributed by atoms with Gasteiger partial charge in [0.1, 0.15) is 0 Å². The van der Waals surface area contributed by atoms with Crippen LogP contribution in [0.15, 0.2) is 24.3 Å². The average molecular weight is 343 g/mol. The number of carbonyl (C=O) groups is 1.